The molecule has 17 heavy (non-hydrogen) atoms. The molecule has 0 spiro atoms. The normalized spacial score (nSPS) is 28.4. The van der Waals surface area contributed by atoms with Gasteiger partial charge in [0.1, 0.15) is 0 Å². The summed E-state index contributed by atoms with van der Waals surface area (Å²) in [5.74, 6) is -1.66. The second-order valence-electron chi connectivity index (χ2n) is 5.30. The van der Waals surface area contributed by atoms with Gasteiger partial charge in [-0.25, -0.2) is 0 Å². The molecule has 96 valence electrons. The third-order valence-electron chi connectivity index (χ3n) is 3.83. The van der Waals surface area contributed by atoms with Crippen LogP contribution in [0.25, 0.3) is 0 Å². The van der Waals surface area contributed by atoms with Crippen molar-refractivity contribution in [2.75, 3.05) is 13.1 Å². The lowest BCUT2D eigenvalue weighted by atomic mass is 9.84. The van der Waals surface area contributed by atoms with Crippen LogP contribution < -0.4 is 0 Å². The van der Waals surface area contributed by atoms with Crippen molar-refractivity contribution in [1.82, 2.24) is 4.90 Å². The Labute approximate surface area is 100 Å². The summed E-state index contributed by atoms with van der Waals surface area (Å²) < 4.78 is 0. The number of aliphatic hydroxyl groups is 1. The maximum atomic E-state index is 11.7. The Morgan fingerprint density at radius 2 is 2.00 bits per heavy atom. The Hall–Kier alpha value is -1.10. The van der Waals surface area contributed by atoms with E-state index in [0.717, 1.165) is 19.3 Å². The molecule has 5 heteroatoms. The number of β-amino-alcohol motifs (C(OH)–C–C–N with tert-alkyl or cyclic N) is 1. The Bertz CT molecular complexity index is 322. The third-order valence-corrected chi connectivity index (χ3v) is 3.83. The first kappa shape index (κ1) is 12.4. The smallest absolute Gasteiger partial charge is 0.308 e. The van der Waals surface area contributed by atoms with E-state index in [-0.39, 0.29) is 18.9 Å². The summed E-state index contributed by atoms with van der Waals surface area (Å²) in [5, 5.41) is 19.2. The van der Waals surface area contributed by atoms with Crippen LogP contribution in [0.3, 0.4) is 0 Å². The van der Waals surface area contributed by atoms with Gasteiger partial charge in [-0.3, -0.25) is 9.59 Å². The zero-order chi connectivity index (χ0) is 12.5. The van der Waals surface area contributed by atoms with Crippen LogP contribution in [-0.2, 0) is 9.59 Å². The number of aliphatic carboxylic acids is 1. The van der Waals surface area contributed by atoms with E-state index in [1.54, 1.807) is 0 Å². The summed E-state index contributed by atoms with van der Waals surface area (Å²) in [6, 6.07) is 0. The van der Waals surface area contributed by atoms with Gasteiger partial charge < -0.3 is 15.1 Å². The molecule has 2 aliphatic rings. The molecule has 0 bridgehead atoms. The number of rotatable bonds is 3. The molecule has 1 saturated heterocycles. The van der Waals surface area contributed by atoms with Crippen LogP contribution in [-0.4, -0.2) is 45.7 Å². The number of nitrogens with zero attached hydrogens (tertiary/aromatic N) is 1. The lowest BCUT2D eigenvalue weighted by Crippen LogP contribution is -2.45. The molecular weight excluding hydrogens is 222 g/mol. The van der Waals surface area contributed by atoms with Gasteiger partial charge in [0.2, 0.25) is 5.91 Å². The zero-order valence-corrected chi connectivity index (χ0v) is 9.89. The SMILES string of the molecule is O=C(O)[C@@H]1CC(=O)N(CC2(O)CCCCC2)C1. The first-order valence-corrected chi connectivity index (χ1v) is 6.23. The molecule has 0 radical (unpaired) electrons. The molecule has 2 N–H and O–H groups in total. The van der Waals surface area contributed by atoms with Gasteiger partial charge in [0.25, 0.3) is 0 Å². The van der Waals surface area contributed by atoms with Crippen LogP contribution in [0.15, 0.2) is 0 Å². The third kappa shape index (κ3) is 2.77. The van der Waals surface area contributed by atoms with Crippen molar-refractivity contribution >= 4 is 11.9 Å². The lowest BCUT2D eigenvalue weighted by Gasteiger charge is -2.35. The van der Waals surface area contributed by atoms with Gasteiger partial charge in [0.05, 0.1) is 11.5 Å². The van der Waals surface area contributed by atoms with Crippen molar-refractivity contribution in [3.05, 3.63) is 0 Å². The second kappa shape index (κ2) is 4.64. The fourth-order valence-electron chi connectivity index (χ4n) is 2.81. The molecule has 1 amide bonds. The first-order valence-electron chi connectivity index (χ1n) is 6.23. The van der Waals surface area contributed by atoms with Gasteiger partial charge in [-0.05, 0) is 12.8 Å². The van der Waals surface area contributed by atoms with E-state index >= 15 is 0 Å². The van der Waals surface area contributed by atoms with Crippen LogP contribution in [0.1, 0.15) is 38.5 Å². The second-order valence-corrected chi connectivity index (χ2v) is 5.30. The standard InChI is InChI=1S/C12H19NO4/c14-10-6-9(11(15)16)7-13(10)8-12(17)4-2-1-3-5-12/h9,17H,1-8H2,(H,15,16)/t9-/m1/s1. The molecule has 1 saturated carbocycles. The monoisotopic (exact) mass is 241 g/mol. The largest absolute Gasteiger partial charge is 0.481 e. The predicted octanol–water partition coefficient (Wildman–Crippen LogP) is 0.615. The Morgan fingerprint density at radius 1 is 1.35 bits per heavy atom. The number of carboxylic acid groups (broad SMARTS) is 1. The summed E-state index contributed by atoms with van der Waals surface area (Å²) in [6.07, 6.45) is 4.62. The number of carbonyl (C=O) groups is 2. The van der Waals surface area contributed by atoms with Crippen molar-refractivity contribution in [3.8, 4) is 0 Å². The fraction of sp³-hybridized carbons (Fsp3) is 0.833. The van der Waals surface area contributed by atoms with Crippen molar-refractivity contribution < 1.29 is 19.8 Å². The van der Waals surface area contributed by atoms with Gasteiger partial charge >= 0.3 is 5.97 Å². The van der Waals surface area contributed by atoms with Gasteiger partial charge in [0, 0.05) is 19.5 Å². The highest BCUT2D eigenvalue weighted by molar-refractivity contribution is 5.86. The minimum absolute atomic E-state index is 0.0748. The van der Waals surface area contributed by atoms with E-state index in [4.69, 9.17) is 5.11 Å². The highest BCUT2D eigenvalue weighted by Gasteiger charge is 2.39. The molecule has 0 aromatic heterocycles. The topological polar surface area (TPSA) is 77.8 Å². The van der Waals surface area contributed by atoms with Crippen LogP contribution in [0.5, 0.6) is 0 Å². The number of hydrogen-bond donors (Lipinski definition) is 2. The Kier molecular flexibility index (Phi) is 3.38. The van der Waals surface area contributed by atoms with E-state index in [1.807, 2.05) is 0 Å². The Morgan fingerprint density at radius 3 is 2.53 bits per heavy atom. The van der Waals surface area contributed by atoms with Crippen LogP contribution in [0.4, 0.5) is 0 Å². The van der Waals surface area contributed by atoms with E-state index in [1.165, 1.54) is 4.90 Å². The average molecular weight is 241 g/mol. The van der Waals surface area contributed by atoms with Crippen LogP contribution >= 0.6 is 0 Å². The fourth-order valence-corrected chi connectivity index (χ4v) is 2.81. The van der Waals surface area contributed by atoms with E-state index in [9.17, 15) is 14.7 Å². The highest BCUT2D eigenvalue weighted by atomic mass is 16.4. The number of hydrogen-bond acceptors (Lipinski definition) is 3. The number of carboxylic acids is 1. The summed E-state index contributed by atoms with van der Waals surface area (Å²) in [4.78, 5) is 24.0. The summed E-state index contributed by atoms with van der Waals surface area (Å²) in [5.41, 5.74) is -0.790. The molecule has 0 unspecified atom stereocenters. The minimum Gasteiger partial charge on any atom is -0.481 e. The lowest BCUT2D eigenvalue weighted by molar-refractivity contribution is -0.141. The zero-order valence-electron chi connectivity index (χ0n) is 9.89. The number of carbonyl (C=O) groups excluding carboxylic acids is 1. The number of likely N-dealkylation sites (tertiary alicyclic amines) is 1. The molecule has 0 aromatic rings. The first-order chi connectivity index (χ1) is 8.00. The summed E-state index contributed by atoms with van der Waals surface area (Å²) in [7, 11) is 0. The number of amides is 1. The molecule has 1 aliphatic heterocycles. The highest BCUT2D eigenvalue weighted by Crippen LogP contribution is 2.30. The molecule has 1 heterocycles. The molecule has 1 atom stereocenters. The minimum atomic E-state index is -0.920. The van der Waals surface area contributed by atoms with Gasteiger partial charge in [-0.1, -0.05) is 19.3 Å². The summed E-state index contributed by atoms with van der Waals surface area (Å²) >= 11 is 0. The quantitative estimate of drug-likeness (QED) is 0.759. The van der Waals surface area contributed by atoms with Crippen LogP contribution in [0.2, 0.25) is 0 Å². The molecule has 1 aliphatic carbocycles. The van der Waals surface area contributed by atoms with Crippen molar-refractivity contribution in [1.29, 1.82) is 0 Å². The van der Waals surface area contributed by atoms with E-state index in [0.29, 0.717) is 19.4 Å². The van der Waals surface area contributed by atoms with Crippen molar-refractivity contribution in [3.63, 3.8) is 0 Å². The maximum absolute atomic E-state index is 11.7. The Balaban J connectivity index is 1.95. The average Bonchev–Trinajstić information content (AvgIpc) is 2.61. The van der Waals surface area contributed by atoms with E-state index < -0.39 is 17.5 Å². The molecule has 2 fully saturated rings. The van der Waals surface area contributed by atoms with Gasteiger partial charge in [-0.15, -0.1) is 0 Å². The van der Waals surface area contributed by atoms with E-state index in [2.05, 4.69) is 0 Å². The molecule has 0 aromatic carbocycles. The molecular formula is C12H19NO4. The molecule has 5 nitrogen and oxygen atoms in total. The maximum Gasteiger partial charge on any atom is 0.308 e. The summed E-state index contributed by atoms with van der Waals surface area (Å²) in [6.45, 7) is 0.548. The van der Waals surface area contributed by atoms with Crippen molar-refractivity contribution in [2.45, 2.75) is 44.1 Å². The van der Waals surface area contributed by atoms with Gasteiger partial charge in [0.15, 0.2) is 0 Å². The van der Waals surface area contributed by atoms with Crippen molar-refractivity contribution in [2.24, 2.45) is 5.92 Å². The van der Waals surface area contributed by atoms with Crippen LogP contribution in [0, 0.1) is 5.92 Å². The predicted molar refractivity (Wildman–Crippen MR) is 60.4 cm³/mol. The van der Waals surface area contributed by atoms with Gasteiger partial charge in [-0.2, -0.15) is 0 Å². The molecule has 2 rings (SSSR count).